The summed E-state index contributed by atoms with van der Waals surface area (Å²) in [6.45, 7) is 2.80. The summed E-state index contributed by atoms with van der Waals surface area (Å²) in [4.78, 5) is 0. The standard InChI is InChI=1S/C17H20ClNO2/c1-12(16-6-4-5-7-17(16)18)19-11-13-8-14(20-2)10-15(9-13)21-3/h4-10,12,19H,11H2,1-3H3. The topological polar surface area (TPSA) is 30.5 Å². The van der Waals surface area contributed by atoms with Crippen LogP contribution < -0.4 is 14.8 Å². The van der Waals surface area contributed by atoms with Gasteiger partial charge in [-0.2, -0.15) is 0 Å². The molecule has 0 saturated carbocycles. The van der Waals surface area contributed by atoms with E-state index in [4.69, 9.17) is 21.1 Å². The lowest BCUT2D eigenvalue weighted by atomic mass is 10.1. The fourth-order valence-corrected chi connectivity index (χ4v) is 2.47. The Morgan fingerprint density at radius 2 is 1.67 bits per heavy atom. The molecule has 2 rings (SSSR count). The van der Waals surface area contributed by atoms with Crippen molar-refractivity contribution in [1.82, 2.24) is 5.32 Å². The van der Waals surface area contributed by atoms with Gasteiger partial charge in [-0.3, -0.25) is 0 Å². The highest BCUT2D eigenvalue weighted by Crippen LogP contribution is 2.25. The molecule has 1 atom stereocenters. The summed E-state index contributed by atoms with van der Waals surface area (Å²) in [6, 6.07) is 13.9. The van der Waals surface area contributed by atoms with E-state index in [2.05, 4.69) is 12.2 Å². The third-order valence-corrected chi connectivity index (χ3v) is 3.74. The largest absolute Gasteiger partial charge is 0.497 e. The smallest absolute Gasteiger partial charge is 0.122 e. The van der Waals surface area contributed by atoms with E-state index < -0.39 is 0 Å². The number of methoxy groups -OCH3 is 2. The highest BCUT2D eigenvalue weighted by atomic mass is 35.5. The second-order valence-electron chi connectivity index (χ2n) is 4.85. The van der Waals surface area contributed by atoms with Crippen LogP contribution in [-0.4, -0.2) is 14.2 Å². The summed E-state index contributed by atoms with van der Waals surface area (Å²) < 4.78 is 10.6. The van der Waals surface area contributed by atoms with Crippen molar-refractivity contribution in [3.8, 4) is 11.5 Å². The van der Waals surface area contributed by atoms with Crippen LogP contribution in [0.1, 0.15) is 24.1 Å². The van der Waals surface area contributed by atoms with Gasteiger partial charge in [0.15, 0.2) is 0 Å². The maximum Gasteiger partial charge on any atom is 0.122 e. The monoisotopic (exact) mass is 305 g/mol. The van der Waals surface area contributed by atoms with Gasteiger partial charge in [-0.25, -0.2) is 0 Å². The van der Waals surface area contributed by atoms with Crippen LogP contribution in [0.4, 0.5) is 0 Å². The summed E-state index contributed by atoms with van der Waals surface area (Å²) in [6.07, 6.45) is 0. The molecular formula is C17H20ClNO2. The van der Waals surface area contributed by atoms with Crippen LogP contribution in [0, 0.1) is 0 Å². The first-order valence-corrected chi connectivity index (χ1v) is 7.21. The molecule has 0 bridgehead atoms. The van der Waals surface area contributed by atoms with E-state index in [1.807, 2.05) is 42.5 Å². The maximum atomic E-state index is 6.22. The highest BCUT2D eigenvalue weighted by Gasteiger charge is 2.09. The molecule has 0 heterocycles. The molecule has 112 valence electrons. The molecule has 0 saturated heterocycles. The quantitative estimate of drug-likeness (QED) is 0.867. The Morgan fingerprint density at radius 3 is 2.24 bits per heavy atom. The number of ether oxygens (including phenoxy) is 2. The van der Waals surface area contributed by atoms with Gasteiger partial charge in [0.2, 0.25) is 0 Å². The first-order chi connectivity index (χ1) is 10.1. The first kappa shape index (κ1) is 15.7. The van der Waals surface area contributed by atoms with Gasteiger partial charge in [0, 0.05) is 23.7 Å². The number of hydrogen-bond acceptors (Lipinski definition) is 3. The molecule has 0 amide bonds. The number of rotatable bonds is 6. The normalized spacial score (nSPS) is 12.0. The summed E-state index contributed by atoms with van der Waals surface area (Å²) in [5.41, 5.74) is 2.19. The second kappa shape index (κ2) is 7.34. The Bertz CT molecular complexity index is 579. The Labute approximate surface area is 130 Å². The van der Waals surface area contributed by atoms with E-state index in [1.54, 1.807) is 14.2 Å². The zero-order valence-corrected chi connectivity index (χ0v) is 13.3. The van der Waals surface area contributed by atoms with Crippen LogP contribution in [-0.2, 0) is 6.54 Å². The molecule has 1 N–H and O–H groups in total. The zero-order chi connectivity index (χ0) is 15.2. The lowest BCUT2D eigenvalue weighted by molar-refractivity contribution is 0.392. The van der Waals surface area contributed by atoms with Crippen LogP contribution >= 0.6 is 11.6 Å². The number of nitrogens with one attached hydrogen (secondary N) is 1. The van der Waals surface area contributed by atoms with E-state index in [-0.39, 0.29) is 6.04 Å². The van der Waals surface area contributed by atoms with E-state index >= 15 is 0 Å². The van der Waals surface area contributed by atoms with E-state index in [9.17, 15) is 0 Å². The van der Waals surface area contributed by atoms with E-state index in [1.165, 1.54) is 0 Å². The minimum absolute atomic E-state index is 0.163. The molecule has 0 aliphatic rings. The molecule has 2 aromatic carbocycles. The van der Waals surface area contributed by atoms with Crippen molar-refractivity contribution in [3.63, 3.8) is 0 Å². The van der Waals surface area contributed by atoms with Gasteiger partial charge in [-0.05, 0) is 36.2 Å². The lowest BCUT2D eigenvalue weighted by Gasteiger charge is -2.16. The zero-order valence-electron chi connectivity index (χ0n) is 12.5. The summed E-state index contributed by atoms with van der Waals surface area (Å²) in [5.74, 6) is 1.58. The summed E-state index contributed by atoms with van der Waals surface area (Å²) >= 11 is 6.22. The SMILES string of the molecule is COc1cc(CNC(C)c2ccccc2Cl)cc(OC)c1. The maximum absolute atomic E-state index is 6.22. The minimum Gasteiger partial charge on any atom is -0.497 e. The predicted octanol–water partition coefficient (Wildman–Crippen LogP) is 4.21. The van der Waals surface area contributed by atoms with Crippen LogP contribution in [0.15, 0.2) is 42.5 Å². The summed E-state index contributed by atoms with van der Waals surface area (Å²) in [5, 5.41) is 4.24. The molecular weight excluding hydrogens is 286 g/mol. The fourth-order valence-electron chi connectivity index (χ4n) is 2.18. The van der Waals surface area contributed by atoms with Crippen LogP contribution in [0.3, 0.4) is 0 Å². The average molecular weight is 306 g/mol. The van der Waals surface area contributed by atoms with E-state index in [0.717, 1.165) is 27.6 Å². The predicted molar refractivity (Wildman–Crippen MR) is 86.3 cm³/mol. The fraction of sp³-hybridized carbons (Fsp3) is 0.294. The van der Waals surface area contributed by atoms with Gasteiger partial charge < -0.3 is 14.8 Å². The molecule has 21 heavy (non-hydrogen) atoms. The third kappa shape index (κ3) is 4.13. The van der Waals surface area contributed by atoms with Crippen LogP contribution in [0.2, 0.25) is 5.02 Å². The molecule has 0 spiro atoms. The van der Waals surface area contributed by atoms with Gasteiger partial charge in [0.25, 0.3) is 0 Å². The van der Waals surface area contributed by atoms with Crippen molar-refractivity contribution >= 4 is 11.6 Å². The van der Waals surface area contributed by atoms with Crippen molar-refractivity contribution < 1.29 is 9.47 Å². The molecule has 0 aliphatic heterocycles. The molecule has 0 fully saturated rings. The Hall–Kier alpha value is -1.71. The summed E-state index contributed by atoms with van der Waals surface area (Å²) in [7, 11) is 3.30. The molecule has 4 heteroatoms. The highest BCUT2D eigenvalue weighted by molar-refractivity contribution is 6.31. The molecule has 1 unspecified atom stereocenters. The van der Waals surface area contributed by atoms with Crippen molar-refractivity contribution in [1.29, 1.82) is 0 Å². The van der Waals surface area contributed by atoms with E-state index in [0.29, 0.717) is 6.54 Å². The van der Waals surface area contributed by atoms with Gasteiger partial charge in [-0.15, -0.1) is 0 Å². The number of hydrogen-bond donors (Lipinski definition) is 1. The van der Waals surface area contributed by atoms with Gasteiger partial charge >= 0.3 is 0 Å². The van der Waals surface area contributed by atoms with Crippen molar-refractivity contribution in [3.05, 3.63) is 58.6 Å². The average Bonchev–Trinajstić information content (AvgIpc) is 2.52. The number of benzene rings is 2. The third-order valence-electron chi connectivity index (χ3n) is 3.40. The Balaban J connectivity index is 2.07. The van der Waals surface area contributed by atoms with Crippen molar-refractivity contribution in [2.24, 2.45) is 0 Å². The molecule has 0 aliphatic carbocycles. The Morgan fingerprint density at radius 1 is 1.05 bits per heavy atom. The number of halogens is 1. The molecule has 2 aromatic rings. The first-order valence-electron chi connectivity index (χ1n) is 6.83. The minimum atomic E-state index is 0.163. The van der Waals surface area contributed by atoms with Crippen LogP contribution in [0.5, 0.6) is 11.5 Å². The second-order valence-corrected chi connectivity index (χ2v) is 5.25. The van der Waals surface area contributed by atoms with Gasteiger partial charge in [0.1, 0.15) is 11.5 Å². The lowest BCUT2D eigenvalue weighted by Crippen LogP contribution is -2.18. The van der Waals surface area contributed by atoms with Crippen molar-refractivity contribution in [2.45, 2.75) is 19.5 Å². The Kier molecular flexibility index (Phi) is 5.48. The van der Waals surface area contributed by atoms with Crippen molar-refractivity contribution in [2.75, 3.05) is 14.2 Å². The molecule has 0 radical (unpaired) electrons. The molecule has 3 nitrogen and oxygen atoms in total. The van der Waals surface area contributed by atoms with Gasteiger partial charge in [0.05, 0.1) is 14.2 Å². The van der Waals surface area contributed by atoms with Crippen LogP contribution in [0.25, 0.3) is 0 Å². The van der Waals surface area contributed by atoms with Gasteiger partial charge in [-0.1, -0.05) is 29.8 Å². The molecule has 0 aromatic heterocycles.